The van der Waals surface area contributed by atoms with Gasteiger partial charge in [0.2, 0.25) is 0 Å². The molecule has 0 radical (unpaired) electrons. The van der Waals surface area contributed by atoms with Crippen molar-refractivity contribution in [3.63, 3.8) is 0 Å². The van der Waals surface area contributed by atoms with Gasteiger partial charge in [-0.25, -0.2) is 4.98 Å². The molecule has 2 heterocycles. The molecule has 2 N–H and O–H groups in total. The maximum Gasteiger partial charge on any atom is 0.197 e. The third-order valence-electron chi connectivity index (χ3n) is 2.16. The number of aromatic nitrogens is 4. The molecule has 0 aliphatic rings. The van der Waals surface area contributed by atoms with Gasteiger partial charge in [-0.2, -0.15) is 0 Å². The first-order chi connectivity index (χ1) is 7.70. The Morgan fingerprint density at radius 1 is 1.44 bits per heavy atom. The molecule has 2 aromatic heterocycles. The third kappa shape index (κ3) is 2.23. The van der Waals surface area contributed by atoms with E-state index in [1.165, 1.54) is 11.8 Å². The van der Waals surface area contributed by atoms with Crippen molar-refractivity contribution >= 4 is 11.8 Å². The lowest BCUT2D eigenvalue weighted by Crippen LogP contribution is -2.01. The van der Waals surface area contributed by atoms with Crippen LogP contribution in [0.4, 0.5) is 0 Å². The van der Waals surface area contributed by atoms with E-state index in [9.17, 15) is 0 Å². The SMILES string of the molecule is Cc1ccc(CN)c(Sc2nncn2C)n1. The molecule has 0 aliphatic heterocycles. The Morgan fingerprint density at radius 2 is 2.25 bits per heavy atom. The number of aryl methyl sites for hydroxylation is 2. The molecule has 2 rings (SSSR count). The summed E-state index contributed by atoms with van der Waals surface area (Å²) in [6, 6.07) is 3.96. The van der Waals surface area contributed by atoms with Crippen LogP contribution in [0, 0.1) is 6.92 Å². The van der Waals surface area contributed by atoms with Gasteiger partial charge < -0.3 is 10.3 Å². The van der Waals surface area contributed by atoms with Crippen LogP contribution >= 0.6 is 11.8 Å². The number of rotatable bonds is 3. The summed E-state index contributed by atoms with van der Waals surface area (Å²) in [7, 11) is 1.90. The third-order valence-corrected chi connectivity index (χ3v) is 3.26. The van der Waals surface area contributed by atoms with Crippen molar-refractivity contribution in [3.05, 3.63) is 29.7 Å². The summed E-state index contributed by atoms with van der Waals surface area (Å²) in [4.78, 5) is 4.46. The maximum absolute atomic E-state index is 5.67. The lowest BCUT2D eigenvalue weighted by Gasteiger charge is -2.06. The average molecular weight is 235 g/mol. The van der Waals surface area contributed by atoms with Crippen molar-refractivity contribution in [1.29, 1.82) is 0 Å². The predicted molar refractivity (Wildman–Crippen MR) is 62.0 cm³/mol. The quantitative estimate of drug-likeness (QED) is 0.863. The monoisotopic (exact) mass is 235 g/mol. The van der Waals surface area contributed by atoms with Gasteiger partial charge in [0.15, 0.2) is 5.16 Å². The maximum atomic E-state index is 5.67. The van der Waals surface area contributed by atoms with E-state index in [1.54, 1.807) is 6.33 Å². The van der Waals surface area contributed by atoms with E-state index in [0.29, 0.717) is 6.54 Å². The van der Waals surface area contributed by atoms with Crippen LogP contribution in [-0.4, -0.2) is 19.7 Å². The molecule has 0 saturated heterocycles. The molecule has 5 nitrogen and oxygen atoms in total. The number of nitrogens with zero attached hydrogens (tertiary/aromatic N) is 4. The van der Waals surface area contributed by atoms with Crippen molar-refractivity contribution in [3.8, 4) is 0 Å². The van der Waals surface area contributed by atoms with Crippen LogP contribution in [0.1, 0.15) is 11.3 Å². The molecule has 0 atom stereocenters. The Kier molecular flexibility index (Phi) is 3.21. The molecule has 0 aromatic carbocycles. The molecule has 0 spiro atoms. The zero-order valence-corrected chi connectivity index (χ0v) is 10.0. The highest BCUT2D eigenvalue weighted by Gasteiger charge is 2.09. The minimum absolute atomic E-state index is 0.480. The summed E-state index contributed by atoms with van der Waals surface area (Å²) in [6.45, 7) is 2.44. The second kappa shape index (κ2) is 4.63. The second-order valence-corrected chi connectivity index (χ2v) is 4.40. The molecular formula is C10H13N5S. The average Bonchev–Trinajstić information content (AvgIpc) is 2.65. The van der Waals surface area contributed by atoms with E-state index in [1.807, 2.05) is 30.7 Å². The van der Waals surface area contributed by atoms with E-state index >= 15 is 0 Å². The summed E-state index contributed by atoms with van der Waals surface area (Å²) in [5.41, 5.74) is 7.67. The van der Waals surface area contributed by atoms with Crippen molar-refractivity contribution in [2.45, 2.75) is 23.7 Å². The molecular weight excluding hydrogens is 222 g/mol. The minimum Gasteiger partial charge on any atom is -0.326 e. The first kappa shape index (κ1) is 11.1. The van der Waals surface area contributed by atoms with E-state index in [0.717, 1.165) is 21.4 Å². The van der Waals surface area contributed by atoms with Gasteiger partial charge in [-0.3, -0.25) is 0 Å². The summed E-state index contributed by atoms with van der Waals surface area (Å²) in [6.07, 6.45) is 1.67. The Morgan fingerprint density at radius 3 is 2.88 bits per heavy atom. The fourth-order valence-corrected chi connectivity index (χ4v) is 2.18. The molecule has 0 fully saturated rings. The molecule has 0 bridgehead atoms. The van der Waals surface area contributed by atoms with Crippen LogP contribution < -0.4 is 5.73 Å². The smallest absolute Gasteiger partial charge is 0.197 e. The zero-order chi connectivity index (χ0) is 11.5. The Bertz CT molecular complexity index is 494. The fraction of sp³-hybridized carbons (Fsp3) is 0.300. The zero-order valence-electron chi connectivity index (χ0n) is 9.21. The highest BCUT2D eigenvalue weighted by atomic mass is 32.2. The van der Waals surface area contributed by atoms with Gasteiger partial charge in [0.25, 0.3) is 0 Å². The highest BCUT2D eigenvalue weighted by Crippen LogP contribution is 2.26. The highest BCUT2D eigenvalue weighted by molar-refractivity contribution is 7.99. The first-order valence-corrected chi connectivity index (χ1v) is 5.71. The van der Waals surface area contributed by atoms with E-state index < -0.39 is 0 Å². The molecule has 0 saturated carbocycles. The van der Waals surface area contributed by atoms with Gasteiger partial charge in [0.1, 0.15) is 11.4 Å². The summed E-state index contributed by atoms with van der Waals surface area (Å²) in [5.74, 6) is 0. The number of hydrogen-bond acceptors (Lipinski definition) is 5. The first-order valence-electron chi connectivity index (χ1n) is 4.89. The molecule has 0 unspecified atom stereocenters. The number of pyridine rings is 1. The van der Waals surface area contributed by atoms with E-state index in [-0.39, 0.29) is 0 Å². The molecule has 6 heteroatoms. The molecule has 0 amide bonds. The van der Waals surface area contributed by atoms with Gasteiger partial charge in [-0.1, -0.05) is 6.07 Å². The number of nitrogens with two attached hydrogens (primary N) is 1. The van der Waals surface area contributed by atoms with Crippen molar-refractivity contribution < 1.29 is 0 Å². The molecule has 2 aromatic rings. The van der Waals surface area contributed by atoms with Crippen LogP contribution in [0.25, 0.3) is 0 Å². The molecule has 0 aliphatic carbocycles. The van der Waals surface area contributed by atoms with Crippen molar-refractivity contribution in [2.24, 2.45) is 12.8 Å². The lowest BCUT2D eigenvalue weighted by molar-refractivity contribution is 0.785. The van der Waals surface area contributed by atoms with E-state index in [2.05, 4.69) is 15.2 Å². The van der Waals surface area contributed by atoms with Crippen LogP contribution in [0.5, 0.6) is 0 Å². The second-order valence-electron chi connectivity index (χ2n) is 3.45. The van der Waals surface area contributed by atoms with Gasteiger partial charge >= 0.3 is 0 Å². The summed E-state index contributed by atoms with van der Waals surface area (Å²) >= 11 is 1.48. The van der Waals surface area contributed by atoms with Crippen LogP contribution in [0.3, 0.4) is 0 Å². The predicted octanol–water partition coefficient (Wildman–Crippen LogP) is 1.13. The Balaban J connectivity index is 2.33. The van der Waals surface area contributed by atoms with Crippen molar-refractivity contribution in [1.82, 2.24) is 19.7 Å². The topological polar surface area (TPSA) is 69.6 Å². The summed E-state index contributed by atoms with van der Waals surface area (Å²) in [5, 5.41) is 9.55. The normalized spacial score (nSPS) is 10.7. The van der Waals surface area contributed by atoms with Crippen LogP contribution in [0.2, 0.25) is 0 Å². The standard InChI is InChI=1S/C10H13N5S/c1-7-3-4-8(5-11)9(13-7)16-10-14-12-6-15(10)2/h3-4,6H,5,11H2,1-2H3. The van der Waals surface area contributed by atoms with Crippen LogP contribution in [0.15, 0.2) is 28.6 Å². The summed E-state index contributed by atoms with van der Waals surface area (Å²) < 4.78 is 1.86. The van der Waals surface area contributed by atoms with Gasteiger partial charge in [0.05, 0.1) is 0 Å². The van der Waals surface area contributed by atoms with Gasteiger partial charge in [-0.05, 0) is 30.3 Å². The minimum atomic E-state index is 0.480. The van der Waals surface area contributed by atoms with Gasteiger partial charge in [-0.15, -0.1) is 10.2 Å². The van der Waals surface area contributed by atoms with Crippen molar-refractivity contribution in [2.75, 3.05) is 0 Å². The number of hydrogen-bond donors (Lipinski definition) is 1. The van der Waals surface area contributed by atoms with Gasteiger partial charge in [0, 0.05) is 19.3 Å². The Labute approximate surface area is 98.1 Å². The molecule has 16 heavy (non-hydrogen) atoms. The molecule has 84 valence electrons. The Hall–Kier alpha value is -1.40. The largest absolute Gasteiger partial charge is 0.326 e. The van der Waals surface area contributed by atoms with Crippen LogP contribution in [-0.2, 0) is 13.6 Å². The fourth-order valence-electron chi connectivity index (χ4n) is 1.26. The van der Waals surface area contributed by atoms with E-state index in [4.69, 9.17) is 5.73 Å². The lowest BCUT2D eigenvalue weighted by atomic mass is 10.2.